The van der Waals surface area contributed by atoms with Crippen LogP contribution in [0.2, 0.25) is 0 Å². The third kappa shape index (κ3) is 4.86. The van der Waals surface area contributed by atoms with Crippen LogP contribution in [0.3, 0.4) is 0 Å². The van der Waals surface area contributed by atoms with Crippen LogP contribution in [-0.2, 0) is 23.1 Å². The maximum absolute atomic E-state index is 13.5. The molecule has 2 N–H and O–H groups in total. The number of hydrogen-bond donors (Lipinski definition) is 2. The molecule has 3 aromatic carbocycles. The number of ether oxygens (including phenoxy) is 2. The Morgan fingerprint density at radius 1 is 1.13 bits per heavy atom. The van der Waals surface area contributed by atoms with Crippen LogP contribution in [0.25, 0.3) is 6.08 Å². The number of phenolic OH excluding ortho intramolecular Hbond substituents is 1. The van der Waals surface area contributed by atoms with Gasteiger partial charge in [0, 0.05) is 31.3 Å². The Balaban J connectivity index is 1.16. The van der Waals surface area contributed by atoms with Crippen LogP contribution in [0.15, 0.2) is 72.8 Å². The summed E-state index contributed by atoms with van der Waals surface area (Å²) < 4.78 is 48.6. The van der Waals surface area contributed by atoms with Crippen molar-refractivity contribution in [1.29, 1.82) is 0 Å². The molecule has 3 aromatic rings. The molecule has 7 nitrogen and oxygen atoms in total. The number of phenols is 1. The lowest BCUT2D eigenvalue weighted by Gasteiger charge is -2.64. The number of rotatable bonds is 7. The van der Waals surface area contributed by atoms with E-state index >= 15 is 0 Å². The second-order valence-electron chi connectivity index (χ2n) is 12.6. The monoisotopic (exact) mass is 620 g/mol. The summed E-state index contributed by atoms with van der Waals surface area (Å²) >= 11 is 0. The van der Waals surface area contributed by atoms with Gasteiger partial charge in [-0.05, 0) is 79.6 Å². The molecule has 0 radical (unpaired) electrons. The fourth-order valence-electron chi connectivity index (χ4n) is 8.45. The Hall–Kier alpha value is -4.02. The second-order valence-corrected chi connectivity index (χ2v) is 12.6. The number of benzene rings is 3. The minimum atomic E-state index is -4.82. The van der Waals surface area contributed by atoms with E-state index in [1.165, 1.54) is 35.9 Å². The number of likely N-dealkylation sites (N-methyl/N-ethyl adjacent to an activating group) is 1. The largest absolute Gasteiger partial charge is 0.573 e. The van der Waals surface area contributed by atoms with Crippen molar-refractivity contribution in [2.45, 2.75) is 67.7 Å². The number of hydrogen-bond acceptors (Lipinski definition) is 6. The summed E-state index contributed by atoms with van der Waals surface area (Å²) in [5.74, 6) is -0.290. The number of alkyl halides is 3. The molecule has 2 aliphatic carbocycles. The lowest BCUT2D eigenvalue weighted by Crippen LogP contribution is -2.78. The molecule has 1 saturated carbocycles. The molecule has 7 rings (SSSR count). The van der Waals surface area contributed by atoms with Gasteiger partial charge >= 0.3 is 6.36 Å². The van der Waals surface area contributed by atoms with Crippen LogP contribution in [0, 0.1) is 0 Å². The smallest absolute Gasteiger partial charge is 0.504 e. The minimum absolute atomic E-state index is 0.0263. The Morgan fingerprint density at radius 3 is 2.71 bits per heavy atom. The van der Waals surface area contributed by atoms with E-state index in [1.54, 1.807) is 24.1 Å². The number of halogens is 3. The number of carbonyl (C=O) groups excluding carboxylic acids is 1. The van der Waals surface area contributed by atoms with Crippen LogP contribution in [-0.4, -0.2) is 76.2 Å². The van der Waals surface area contributed by atoms with Crippen molar-refractivity contribution in [2.24, 2.45) is 0 Å². The van der Waals surface area contributed by atoms with Crippen LogP contribution in [0.1, 0.15) is 41.5 Å². The molecule has 2 aliphatic heterocycles. The van der Waals surface area contributed by atoms with E-state index in [1.807, 2.05) is 24.3 Å². The number of aliphatic hydroxyl groups is 1. The lowest BCUT2D eigenvalue weighted by atomic mass is 9.48. The van der Waals surface area contributed by atoms with Crippen molar-refractivity contribution in [2.75, 3.05) is 20.1 Å². The van der Waals surface area contributed by atoms with E-state index in [0.29, 0.717) is 37.0 Å². The van der Waals surface area contributed by atoms with E-state index in [2.05, 4.69) is 21.8 Å². The quantitative estimate of drug-likeness (QED) is 0.353. The Labute approximate surface area is 259 Å². The van der Waals surface area contributed by atoms with Gasteiger partial charge in [-0.2, -0.15) is 0 Å². The van der Waals surface area contributed by atoms with Crippen molar-refractivity contribution in [3.8, 4) is 17.2 Å². The summed E-state index contributed by atoms with van der Waals surface area (Å²) in [7, 11) is 1.68. The van der Waals surface area contributed by atoms with Gasteiger partial charge in [-0.3, -0.25) is 9.69 Å². The highest BCUT2D eigenvalue weighted by Crippen LogP contribution is 2.65. The maximum Gasteiger partial charge on any atom is 0.573 e. The molecule has 2 fully saturated rings. The molecule has 1 saturated heterocycles. The average molecular weight is 621 g/mol. The van der Waals surface area contributed by atoms with Gasteiger partial charge in [0.1, 0.15) is 11.9 Å². The molecule has 2 bridgehead atoms. The van der Waals surface area contributed by atoms with E-state index in [0.717, 1.165) is 30.6 Å². The minimum Gasteiger partial charge on any atom is -0.504 e. The number of carbonyl (C=O) groups is 1. The molecule has 0 aromatic heterocycles. The number of aromatic hydroxyl groups is 1. The topological polar surface area (TPSA) is 82.5 Å². The number of piperidine rings is 1. The van der Waals surface area contributed by atoms with Crippen LogP contribution in [0.5, 0.6) is 17.2 Å². The molecule has 2 unspecified atom stereocenters. The van der Waals surface area contributed by atoms with Crippen molar-refractivity contribution in [1.82, 2.24) is 9.80 Å². The summed E-state index contributed by atoms with van der Waals surface area (Å²) in [4.78, 5) is 17.5. The fourth-order valence-corrected chi connectivity index (χ4v) is 8.45. The van der Waals surface area contributed by atoms with Crippen molar-refractivity contribution < 1.29 is 37.7 Å². The van der Waals surface area contributed by atoms with Gasteiger partial charge in [-0.15, -0.1) is 13.2 Å². The number of nitrogens with zero attached hydrogens (tertiary/aromatic N) is 2. The standard InChI is InChI=1S/C35H35F3N2O5/c1-39(29(42)13-10-23-8-5-9-25(20-23)45-35(36,37)38)26-14-16-34(43)28-21-24-11-12-27(41)31-30(24)33(34,32(26)44-31)17-19-40(28)18-15-22-6-3-2-4-7-22/h2-13,20,26,28,32,41,43H,14-19,21H2,1H3/b13-10+/t26?,28-,32?,33+,34-/m1/s1. The van der Waals surface area contributed by atoms with Gasteiger partial charge in [0.05, 0.1) is 17.1 Å². The first-order valence-electron chi connectivity index (χ1n) is 15.3. The molecule has 1 amide bonds. The van der Waals surface area contributed by atoms with Gasteiger partial charge in [0.15, 0.2) is 11.5 Å². The van der Waals surface area contributed by atoms with E-state index in [9.17, 15) is 28.2 Å². The number of likely N-dealkylation sites (tertiary alicyclic amines) is 1. The SMILES string of the molecule is CN(C(=O)/C=C/c1cccc(OC(F)(F)F)c1)C1CC[C@@]2(O)[C@H]3Cc4ccc(O)c5c4[C@@]2(CCN3CCc2ccccc2)C1O5. The Morgan fingerprint density at radius 2 is 1.93 bits per heavy atom. The van der Waals surface area contributed by atoms with Crippen molar-refractivity contribution in [3.63, 3.8) is 0 Å². The number of amides is 1. The lowest BCUT2D eigenvalue weighted by molar-refractivity contribution is -0.274. The molecule has 10 heteroatoms. The van der Waals surface area contributed by atoms with Crippen LogP contribution >= 0.6 is 0 Å². The molecule has 236 valence electrons. The van der Waals surface area contributed by atoms with Gasteiger partial charge in [0.25, 0.3) is 0 Å². The first-order valence-corrected chi connectivity index (χ1v) is 15.3. The molecule has 5 atom stereocenters. The summed E-state index contributed by atoms with van der Waals surface area (Å²) in [6, 6.07) is 18.8. The average Bonchev–Trinajstić information content (AvgIpc) is 3.36. The third-order valence-corrected chi connectivity index (χ3v) is 10.4. The van der Waals surface area contributed by atoms with Gasteiger partial charge in [-0.1, -0.05) is 48.5 Å². The van der Waals surface area contributed by atoms with E-state index in [4.69, 9.17) is 4.74 Å². The first-order chi connectivity index (χ1) is 21.5. The van der Waals surface area contributed by atoms with E-state index < -0.39 is 29.5 Å². The first kappa shape index (κ1) is 29.7. The fraction of sp³-hybridized carbons (Fsp3) is 0.400. The molecular formula is C35H35F3N2O5. The zero-order chi connectivity index (χ0) is 31.6. The summed E-state index contributed by atoms with van der Waals surface area (Å²) in [6.45, 7) is 1.55. The molecular weight excluding hydrogens is 585 g/mol. The maximum atomic E-state index is 13.5. The van der Waals surface area contributed by atoms with Crippen molar-refractivity contribution in [3.05, 3.63) is 95.1 Å². The normalized spacial score (nSPS) is 28.4. The van der Waals surface area contributed by atoms with Crippen LogP contribution < -0.4 is 9.47 Å². The second kappa shape index (κ2) is 10.8. The van der Waals surface area contributed by atoms with Gasteiger partial charge < -0.3 is 24.6 Å². The van der Waals surface area contributed by atoms with Gasteiger partial charge in [-0.25, -0.2) is 0 Å². The highest BCUT2D eigenvalue weighted by Gasteiger charge is 2.73. The highest BCUT2D eigenvalue weighted by molar-refractivity contribution is 5.92. The van der Waals surface area contributed by atoms with E-state index in [-0.39, 0.29) is 23.4 Å². The molecule has 45 heavy (non-hydrogen) atoms. The predicted octanol–water partition coefficient (Wildman–Crippen LogP) is 5.23. The predicted molar refractivity (Wildman–Crippen MR) is 161 cm³/mol. The highest BCUT2D eigenvalue weighted by atomic mass is 19.4. The van der Waals surface area contributed by atoms with Crippen molar-refractivity contribution >= 4 is 12.0 Å². The zero-order valence-corrected chi connectivity index (χ0v) is 24.8. The summed E-state index contributed by atoms with van der Waals surface area (Å²) in [5, 5.41) is 23.7. The Bertz CT molecular complexity index is 1650. The molecule has 4 aliphatic rings. The Kier molecular flexibility index (Phi) is 7.13. The third-order valence-electron chi connectivity index (χ3n) is 10.4. The van der Waals surface area contributed by atoms with Crippen LogP contribution in [0.4, 0.5) is 13.2 Å². The summed E-state index contributed by atoms with van der Waals surface area (Å²) in [6.07, 6.45) is 0.451. The molecule has 2 heterocycles. The zero-order valence-electron chi connectivity index (χ0n) is 24.8. The van der Waals surface area contributed by atoms with Gasteiger partial charge in [0.2, 0.25) is 5.91 Å². The summed E-state index contributed by atoms with van der Waals surface area (Å²) in [5.41, 5.74) is 1.64. The molecule has 1 spiro atoms.